The van der Waals surface area contributed by atoms with Crippen molar-refractivity contribution in [1.82, 2.24) is 9.80 Å². The van der Waals surface area contributed by atoms with Gasteiger partial charge in [-0.15, -0.1) is 11.6 Å². The molecular weight excluding hydrogens is 196 g/mol. The van der Waals surface area contributed by atoms with E-state index in [-0.39, 0.29) is 0 Å². The van der Waals surface area contributed by atoms with Gasteiger partial charge in [0.25, 0.3) is 0 Å². The lowest BCUT2D eigenvalue weighted by Gasteiger charge is -2.26. The van der Waals surface area contributed by atoms with Crippen molar-refractivity contribution < 1.29 is 0 Å². The minimum Gasteiger partial charge on any atom is -0.309 e. The fourth-order valence-corrected chi connectivity index (χ4v) is 1.60. The first kappa shape index (κ1) is 14.2. The summed E-state index contributed by atoms with van der Waals surface area (Å²) in [7, 11) is 4.25. The van der Waals surface area contributed by atoms with Crippen LogP contribution in [0.5, 0.6) is 0 Å². The predicted octanol–water partition coefficient (Wildman–Crippen LogP) is 2.28. The topological polar surface area (TPSA) is 6.48 Å². The second-order valence-corrected chi connectivity index (χ2v) is 4.71. The highest BCUT2D eigenvalue weighted by Crippen LogP contribution is 2.02. The number of halogens is 1. The molecule has 86 valence electrons. The Kier molecular flexibility index (Phi) is 8.64. The van der Waals surface area contributed by atoms with Crippen LogP contribution in [0.25, 0.3) is 0 Å². The molecule has 0 saturated carbocycles. The Morgan fingerprint density at radius 3 is 2.00 bits per heavy atom. The van der Waals surface area contributed by atoms with Crippen molar-refractivity contribution in [3.8, 4) is 0 Å². The maximum Gasteiger partial charge on any atom is 0.0235 e. The van der Waals surface area contributed by atoms with Crippen LogP contribution in [0.4, 0.5) is 0 Å². The summed E-state index contributed by atoms with van der Waals surface area (Å²) >= 11 is 5.70. The van der Waals surface area contributed by atoms with Gasteiger partial charge in [-0.2, -0.15) is 0 Å². The summed E-state index contributed by atoms with van der Waals surface area (Å²) in [6.45, 7) is 8.00. The molecule has 0 spiro atoms. The van der Waals surface area contributed by atoms with Gasteiger partial charge in [0.2, 0.25) is 0 Å². The number of hydrogen-bond donors (Lipinski definition) is 0. The molecule has 0 aliphatic heterocycles. The molecule has 3 heteroatoms. The molecule has 0 amide bonds. The van der Waals surface area contributed by atoms with Crippen LogP contribution < -0.4 is 0 Å². The number of rotatable bonds is 8. The van der Waals surface area contributed by atoms with Crippen LogP contribution in [0.1, 0.15) is 26.7 Å². The molecule has 14 heavy (non-hydrogen) atoms. The smallest absolute Gasteiger partial charge is 0.0235 e. The average Bonchev–Trinajstić information content (AvgIpc) is 2.09. The third-order valence-electron chi connectivity index (χ3n) is 2.36. The molecule has 0 aromatic carbocycles. The maximum atomic E-state index is 5.70. The summed E-state index contributed by atoms with van der Waals surface area (Å²) in [4.78, 5) is 4.74. The highest BCUT2D eigenvalue weighted by molar-refractivity contribution is 6.17. The summed E-state index contributed by atoms with van der Waals surface area (Å²) in [6.07, 6.45) is 2.34. The fourth-order valence-electron chi connectivity index (χ4n) is 1.48. The van der Waals surface area contributed by atoms with Gasteiger partial charge in [0.15, 0.2) is 0 Å². The van der Waals surface area contributed by atoms with Gasteiger partial charge < -0.3 is 9.80 Å². The van der Waals surface area contributed by atoms with E-state index in [1.165, 1.54) is 19.5 Å². The van der Waals surface area contributed by atoms with E-state index in [1.807, 2.05) is 0 Å². The first-order valence-electron chi connectivity index (χ1n) is 5.52. The van der Waals surface area contributed by atoms with E-state index in [2.05, 4.69) is 37.7 Å². The number of hydrogen-bond acceptors (Lipinski definition) is 2. The monoisotopic (exact) mass is 220 g/mol. The SMILES string of the molecule is CC(C)N(CCCCl)CCCN(C)C. The van der Waals surface area contributed by atoms with Crippen LogP contribution in [0.2, 0.25) is 0 Å². The molecule has 0 N–H and O–H groups in total. The van der Waals surface area contributed by atoms with Crippen molar-refractivity contribution in [1.29, 1.82) is 0 Å². The van der Waals surface area contributed by atoms with Gasteiger partial charge in [-0.05, 0) is 60.4 Å². The Labute approximate surface area is 94.2 Å². The average molecular weight is 221 g/mol. The lowest BCUT2D eigenvalue weighted by atomic mass is 10.2. The Morgan fingerprint density at radius 2 is 1.57 bits per heavy atom. The molecule has 0 aliphatic rings. The zero-order valence-electron chi connectivity index (χ0n) is 10.1. The third-order valence-corrected chi connectivity index (χ3v) is 2.63. The summed E-state index contributed by atoms with van der Waals surface area (Å²) in [6, 6.07) is 0.639. The molecule has 0 atom stereocenters. The fraction of sp³-hybridized carbons (Fsp3) is 1.00. The zero-order chi connectivity index (χ0) is 11.0. The van der Waals surface area contributed by atoms with E-state index in [0.717, 1.165) is 18.8 Å². The molecule has 0 rings (SSSR count). The normalized spacial score (nSPS) is 12.0. The van der Waals surface area contributed by atoms with E-state index < -0.39 is 0 Å². The highest BCUT2D eigenvalue weighted by Gasteiger charge is 2.07. The van der Waals surface area contributed by atoms with E-state index in [0.29, 0.717) is 6.04 Å². The lowest BCUT2D eigenvalue weighted by Crippen LogP contribution is -2.34. The second kappa shape index (κ2) is 8.51. The van der Waals surface area contributed by atoms with Crippen LogP contribution in [-0.2, 0) is 0 Å². The van der Waals surface area contributed by atoms with E-state index >= 15 is 0 Å². The van der Waals surface area contributed by atoms with Gasteiger partial charge in [-0.25, -0.2) is 0 Å². The molecule has 0 unspecified atom stereocenters. The van der Waals surface area contributed by atoms with Crippen LogP contribution in [0, 0.1) is 0 Å². The Balaban J connectivity index is 3.62. The highest BCUT2D eigenvalue weighted by atomic mass is 35.5. The summed E-state index contributed by atoms with van der Waals surface area (Å²) in [5.41, 5.74) is 0. The molecule has 0 aromatic heterocycles. The van der Waals surface area contributed by atoms with Crippen molar-refractivity contribution in [3.05, 3.63) is 0 Å². The van der Waals surface area contributed by atoms with E-state index in [1.54, 1.807) is 0 Å². The number of alkyl halides is 1. The van der Waals surface area contributed by atoms with Gasteiger partial charge in [-0.1, -0.05) is 0 Å². The first-order valence-corrected chi connectivity index (χ1v) is 6.06. The lowest BCUT2D eigenvalue weighted by molar-refractivity contribution is 0.210. The van der Waals surface area contributed by atoms with Gasteiger partial charge in [0, 0.05) is 11.9 Å². The third kappa shape index (κ3) is 7.60. The van der Waals surface area contributed by atoms with Crippen molar-refractivity contribution >= 4 is 11.6 Å². The second-order valence-electron chi connectivity index (χ2n) is 4.33. The largest absolute Gasteiger partial charge is 0.309 e. The van der Waals surface area contributed by atoms with Gasteiger partial charge in [0.1, 0.15) is 0 Å². The molecule has 0 aliphatic carbocycles. The predicted molar refractivity (Wildman–Crippen MR) is 65.2 cm³/mol. The summed E-state index contributed by atoms with van der Waals surface area (Å²) in [5, 5.41) is 0. The van der Waals surface area contributed by atoms with Crippen LogP contribution >= 0.6 is 11.6 Å². The Hall–Kier alpha value is 0.210. The minimum absolute atomic E-state index is 0.639. The van der Waals surface area contributed by atoms with Crippen molar-refractivity contribution in [3.63, 3.8) is 0 Å². The van der Waals surface area contributed by atoms with Gasteiger partial charge >= 0.3 is 0 Å². The molecule has 0 fully saturated rings. The van der Waals surface area contributed by atoms with Crippen LogP contribution in [0.15, 0.2) is 0 Å². The Morgan fingerprint density at radius 1 is 1.00 bits per heavy atom. The Bertz CT molecular complexity index is 126. The molecule has 0 heterocycles. The quantitative estimate of drug-likeness (QED) is 0.580. The molecule has 2 nitrogen and oxygen atoms in total. The van der Waals surface area contributed by atoms with E-state index in [9.17, 15) is 0 Å². The summed E-state index contributed by atoms with van der Waals surface area (Å²) in [5.74, 6) is 0.775. The molecule has 0 radical (unpaired) electrons. The number of nitrogens with zero attached hydrogens (tertiary/aromatic N) is 2. The first-order chi connectivity index (χ1) is 6.57. The van der Waals surface area contributed by atoms with Crippen LogP contribution in [0.3, 0.4) is 0 Å². The van der Waals surface area contributed by atoms with Crippen molar-refractivity contribution in [2.24, 2.45) is 0 Å². The standard InChI is InChI=1S/C11H25ClN2/c1-11(2)14(9-5-7-12)10-6-8-13(3)4/h11H,5-10H2,1-4H3. The molecular formula is C11H25ClN2. The minimum atomic E-state index is 0.639. The molecule has 0 aromatic rings. The molecule has 0 saturated heterocycles. The molecule has 0 bridgehead atoms. The zero-order valence-corrected chi connectivity index (χ0v) is 10.8. The van der Waals surface area contributed by atoms with Gasteiger partial charge in [0.05, 0.1) is 0 Å². The van der Waals surface area contributed by atoms with E-state index in [4.69, 9.17) is 11.6 Å². The maximum absolute atomic E-state index is 5.70. The van der Waals surface area contributed by atoms with Crippen LogP contribution in [-0.4, -0.2) is 55.5 Å². The van der Waals surface area contributed by atoms with Crippen molar-refractivity contribution in [2.75, 3.05) is 39.6 Å². The van der Waals surface area contributed by atoms with Crippen molar-refractivity contribution in [2.45, 2.75) is 32.7 Å². The summed E-state index contributed by atoms with van der Waals surface area (Å²) < 4.78 is 0. The van der Waals surface area contributed by atoms with Gasteiger partial charge in [-0.3, -0.25) is 0 Å².